The third kappa shape index (κ3) is 4.97. The maximum absolute atomic E-state index is 12.0. The minimum absolute atomic E-state index is 0.0815. The van der Waals surface area contributed by atoms with E-state index < -0.39 is 16.0 Å². The molecule has 0 aromatic heterocycles. The van der Waals surface area contributed by atoms with Crippen molar-refractivity contribution in [1.82, 2.24) is 4.72 Å². The van der Waals surface area contributed by atoms with Gasteiger partial charge in [-0.05, 0) is 31.5 Å². The van der Waals surface area contributed by atoms with E-state index in [2.05, 4.69) is 10.0 Å². The summed E-state index contributed by atoms with van der Waals surface area (Å²) in [5.41, 5.74) is 0.282. The van der Waals surface area contributed by atoms with Crippen LogP contribution >= 0.6 is 0 Å². The van der Waals surface area contributed by atoms with E-state index in [4.69, 9.17) is 5.11 Å². The Morgan fingerprint density at radius 2 is 2.05 bits per heavy atom. The first-order valence-corrected chi connectivity index (χ1v) is 8.54. The molecule has 1 rings (SSSR count). The summed E-state index contributed by atoms with van der Waals surface area (Å²) in [4.78, 5) is 11.2. The largest absolute Gasteiger partial charge is 0.478 e. The first kappa shape index (κ1) is 18.4. The number of nitrogens with one attached hydrogen (secondary N) is 2. The van der Waals surface area contributed by atoms with Gasteiger partial charge in [0.2, 0.25) is 10.0 Å². The van der Waals surface area contributed by atoms with E-state index in [9.17, 15) is 18.3 Å². The van der Waals surface area contributed by atoms with Crippen LogP contribution in [0.25, 0.3) is 0 Å². The molecular weight excluding hydrogens is 308 g/mol. The van der Waals surface area contributed by atoms with Gasteiger partial charge in [-0.25, -0.2) is 17.9 Å². The Kier molecular flexibility index (Phi) is 6.79. The van der Waals surface area contributed by atoms with Crippen molar-refractivity contribution >= 4 is 21.7 Å². The van der Waals surface area contributed by atoms with E-state index in [0.29, 0.717) is 5.69 Å². The molecule has 8 heteroatoms. The van der Waals surface area contributed by atoms with Crippen LogP contribution in [0.2, 0.25) is 0 Å². The molecule has 0 radical (unpaired) electrons. The number of aliphatic hydroxyl groups is 1. The van der Waals surface area contributed by atoms with Crippen molar-refractivity contribution in [2.75, 3.05) is 18.5 Å². The van der Waals surface area contributed by atoms with E-state index in [0.717, 1.165) is 18.9 Å². The van der Waals surface area contributed by atoms with Crippen LogP contribution in [0.15, 0.2) is 23.1 Å². The average Bonchev–Trinajstić information content (AvgIpc) is 2.45. The molecule has 0 aliphatic rings. The van der Waals surface area contributed by atoms with Crippen molar-refractivity contribution in [1.29, 1.82) is 0 Å². The number of hydrogen-bond donors (Lipinski definition) is 4. The topological polar surface area (TPSA) is 116 Å². The second-order valence-corrected chi connectivity index (χ2v) is 6.73. The summed E-state index contributed by atoms with van der Waals surface area (Å²) >= 11 is 0. The number of carboxylic acids is 1. The molecule has 22 heavy (non-hydrogen) atoms. The zero-order valence-corrected chi connectivity index (χ0v) is 13.5. The van der Waals surface area contributed by atoms with Crippen LogP contribution in [0.4, 0.5) is 5.69 Å². The molecule has 0 bridgehead atoms. The number of aliphatic hydroxyl groups excluding tert-OH is 1. The lowest BCUT2D eigenvalue weighted by atomic mass is 10.1. The number of aromatic carboxylic acids is 1. The number of rotatable bonds is 9. The van der Waals surface area contributed by atoms with Gasteiger partial charge in [0.15, 0.2) is 0 Å². The Hall–Kier alpha value is -1.64. The zero-order valence-electron chi connectivity index (χ0n) is 12.7. The third-order valence-corrected chi connectivity index (χ3v) is 4.52. The van der Waals surface area contributed by atoms with Gasteiger partial charge in [-0.2, -0.15) is 0 Å². The second-order valence-electron chi connectivity index (χ2n) is 4.97. The van der Waals surface area contributed by atoms with Gasteiger partial charge in [0.25, 0.3) is 0 Å². The van der Waals surface area contributed by atoms with Gasteiger partial charge in [-0.3, -0.25) is 0 Å². The van der Waals surface area contributed by atoms with Gasteiger partial charge < -0.3 is 15.5 Å². The first-order valence-electron chi connectivity index (χ1n) is 7.06. The van der Waals surface area contributed by atoms with Crippen LogP contribution in [0.5, 0.6) is 0 Å². The smallest absolute Gasteiger partial charge is 0.337 e. The molecule has 0 amide bonds. The number of benzene rings is 1. The summed E-state index contributed by atoms with van der Waals surface area (Å²) in [5, 5.41) is 21.0. The average molecular weight is 330 g/mol. The molecule has 1 atom stereocenters. The highest BCUT2D eigenvalue weighted by atomic mass is 32.2. The lowest BCUT2D eigenvalue weighted by molar-refractivity contribution is 0.0697. The fourth-order valence-electron chi connectivity index (χ4n) is 2.03. The summed E-state index contributed by atoms with van der Waals surface area (Å²) in [6.07, 6.45) is 1.82. The molecule has 1 aromatic rings. The fourth-order valence-corrected chi connectivity index (χ4v) is 3.07. The minimum atomic E-state index is -3.84. The Morgan fingerprint density at radius 1 is 1.36 bits per heavy atom. The van der Waals surface area contributed by atoms with Crippen molar-refractivity contribution in [3.63, 3.8) is 0 Å². The number of carbonyl (C=O) groups is 1. The zero-order chi connectivity index (χ0) is 16.8. The molecule has 124 valence electrons. The summed E-state index contributed by atoms with van der Waals surface area (Å²) < 4.78 is 26.1. The Balaban J connectivity index is 3.12. The van der Waals surface area contributed by atoms with E-state index in [1.807, 2.05) is 13.8 Å². The van der Waals surface area contributed by atoms with Crippen LogP contribution < -0.4 is 10.0 Å². The number of carboxylic acid groups (broad SMARTS) is 1. The summed E-state index contributed by atoms with van der Waals surface area (Å²) in [7, 11) is -3.84. The quantitative estimate of drug-likeness (QED) is 0.542. The van der Waals surface area contributed by atoms with Gasteiger partial charge in [-0.15, -0.1) is 0 Å². The standard InChI is InChI=1S/C14H22N2O5S/c1-3-4-10(2)16-13-6-5-11(9-12(13)14(18)19)22(20,21)15-7-8-17/h5-6,9-10,15-17H,3-4,7-8H2,1-2H3,(H,18,19)/t10-/m0/s1. The minimum Gasteiger partial charge on any atom is -0.478 e. The second kappa shape index (κ2) is 8.11. The SMILES string of the molecule is CCC[C@H](C)Nc1ccc(S(=O)(=O)NCCO)cc1C(=O)O. The fraction of sp³-hybridized carbons (Fsp3) is 0.500. The van der Waals surface area contributed by atoms with Crippen molar-refractivity contribution in [2.45, 2.75) is 37.6 Å². The van der Waals surface area contributed by atoms with Gasteiger partial charge in [0, 0.05) is 18.3 Å². The number of anilines is 1. The Labute approximate surface area is 130 Å². The molecule has 0 heterocycles. The third-order valence-electron chi connectivity index (χ3n) is 3.06. The maximum atomic E-state index is 12.0. The van der Waals surface area contributed by atoms with Crippen molar-refractivity contribution < 1.29 is 23.4 Å². The van der Waals surface area contributed by atoms with Crippen LogP contribution in [-0.2, 0) is 10.0 Å². The van der Waals surface area contributed by atoms with Crippen molar-refractivity contribution in [3.8, 4) is 0 Å². The van der Waals surface area contributed by atoms with Gasteiger partial charge >= 0.3 is 5.97 Å². The normalized spacial score (nSPS) is 12.9. The lowest BCUT2D eigenvalue weighted by Crippen LogP contribution is -2.27. The summed E-state index contributed by atoms with van der Waals surface area (Å²) in [5.74, 6) is -1.20. The highest BCUT2D eigenvalue weighted by molar-refractivity contribution is 7.89. The molecular formula is C14H22N2O5S. The van der Waals surface area contributed by atoms with E-state index >= 15 is 0 Å². The predicted molar refractivity (Wildman–Crippen MR) is 83.7 cm³/mol. The number of sulfonamides is 1. The molecule has 0 fully saturated rings. The van der Waals surface area contributed by atoms with Crippen molar-refractivity contribution in [3.05, 3.63) is 23.8 Å². The van der Waals surface area contributed by atoms with Gasteiger partial charge in [-0.1, -0.05) is 13.3 Å². The summed E-state index contributed by atoms with van der Waals surface area (Å²) in [6.45, 7) is 3.50. The molecule has 0 saturated carbocycles. The summed E-state index contributed by atoms with van der Waals surface area (Å²) in [6, 6.07) is 3.98. The molecule has 1 aromatic carbocycles. The van der Waals surface area contributed by atoms with E-state index in [-0.39, 0.29) is 29.7 Å². The van der Waals surface area contributed by atoms with E-state index in [1.54, 1.807) is 0 Å². The molecule has 0 unspecified atom stereocenters. The number of hydrogen-bond acceptors (Lipinski definition) is 5. The molecule has 0 saturated heterocycles. The van der Waals surface area contributed by atoms with Crippen molar-refractivity contribution in [2.24, 2.45) is 0 Å². The molecule has 7 nitrogen and oxygen atoms in total. The Bertz CT molecular complexity index is 616. The monoisotopic (exact) mass is 330 g/mol. The highest BCUT2D eigenvalue weighted by Crippen LogP contribution is 2.22. The maximum Gasteiger partial charge on any atom is 0.337 e. The lowest BCUT2D eigenvalue weighted by Gasteiger charge is -2.17. The van der Waals surface area contributed by atoms with Crippen LogP contribution in [-0.4, -0.2) is 43.8 Å². The van der Waals surface area contributed by atoms with Gasteiger partial charge in [0.05, 0.1) is 17.1 Å². The molecule has 0 spiro atoms. The van der Waals surface area contributed by atoms with Gasteiger partial charge in [0.1, 0.15) is 0 Å². The molecule has 0 aliphatic carbocycles. The van der Waals surface area contributed by atoms with E-state index in [1.165, 1.54) is 12.1 Å². The molecule has 0 aliphatic heterocycles. The molecule has 4 N–H and O–H groups in total. The Morgan fingerprint density at radius 3 is 2.59 bits per heavy atom. The van der Waals surface area contributed by atoms with Crippen LogP contribution in [0, 0.1) is 0 Å². The van der Waals surface area contributed by atoms with Crippen LogP contribution in [0.3, 0.4) is 0 Å². The highest BCUT2D eigenvalue weighted by Gasteiger charge is 2.19. The predicted octanol–water partition coefficient (Wildman–Crippen LogP) is 1.26. The first-order chi connectivity index (χ1) is 10.3. The van der Waals surface area contributed by atoms with Crippen LogP contribution in [0.1, 0.15) is 37.0 Å².